The third-order valence-corrected chi connectivity index (χ3v) is 2.96. The van der Waals surface area contributed by atoms with Crippen LogP contribution in [0, 0.1) is 6.92 Å². The second kappa shape index (κ2) is 5.67. The van der Waals surface area contributed by atoms with Crippen LogP contribution < -0.4 is 5.32 Å². The highest BCUT2D eigenvalue weighted by molar-refractivity contribution is 5.84. The number of carbonyl (C=O) groups is 1. The number of nitrogens with one attached hydrogen (secondary N) is 1. The van der Waals surface area contributed by atoms with Crippen LogP contribution in [0.5, 0.6) is 0 Å². The average Bonchev–Trinajstić information content (AvgIpc) is 2.87. The zero-order valence-corrected chi connectivity index (χ0v) is 10.9. The van der Waals surface area contributed by atoms with Crippen LogP contribution in [0.3, 0.4) is 0 Å². The van der Waals surface area contributed by atoms with Crippen molar-refractivity contribution in [1.82, 2.24) is 10.3 Å². The Bertz CT molecular complexity index is 578. The van der Waals surface area contributed by atoms with E-state index in [4.69, 9.17) is 9.52 Å². The topological polar surface area (TPSA) is 75.4 Å². The van der Waals surface area contributed by atoms with Crippen LogP contribution in [0.2, 0.25) is 0 Å². The predicted molar refractivity (Wildman–Crippen MR) is 69.9 cm³/mol. The Morgan fingerprint density at radius 2 is 2.26 bits per heavy atom. The summed E-state index contributed by atoms with van der Waals surface area (Å²) in [5.74, 6) is -0.498. The van der Waals surface area contributed by atoms with Gasteiger partial charge in [-0.2, -0.15) is 0 Å². The molecule has 1 unspecified atom stereocenters. The van der Waals surface area contributed by atoms with Gasteiger partial charge in [0.2, 0.25) is 5.76 Å². The Hall–Kier alpha value is -2.14. The first-order valence-corrected chi connectivity index (χ1v) is 6.05. The molecular formula is C14H16N2O3. The van der Waals surface area contributed by atoms with Crippen molar-refractivity contribution in [2.24, 2.45) is 0 Å². The van der Waals surface area contributed by atoms with Gasteiger partial charge in [0.25, 0.3) is 0 Å². The van der Waals surface area contributed by atoms with Gasteiger partial charge in [0, 0.05) is 12.7 Å². The highest BCUT2D eigenvalue weighted by atomic mass is 16.4. The molecule has 2 N–H and O–H groups in total. The Labute approximate surface area is 111 Å². The molecule has 0 amide bonds. The molecule has 5 nitrogen and oxygen atoms in total. The van der Waals surface area contributed by atoms with E-state index < -0.39 is 5.97 Å². The highest BCUT2D eigenvalue weighted by Crippen LogP contribution is 2.17. The maximum absolute atomic E-state index is 10.7. The fourth-order valence-corrected chi connectivity index (χ4v) is 1.75. The van der Waals surface area contributed by atoms with Gasteiger partial charge in [-0.3, -0.25) is 4.98 Å². The minimum Gasteiger partial charge on any atom is -0.475 e. The molecule has 0 aromatic carbocycles. The summed E-state index contributed by atoms with van der Waals surface area (Å²) in [4.78, 5) is 15.0. The normalized spacial score (nSPS) is 12.3. The van der Waals surface area contributed by atoms with Gasteiger partial charge in [-0.1, -0.05) is 6.07 Å². The Morgan fingerprint density at radius 1 is 1.47 bits per heavy atom. The van der Waals surface area contributed by atoms with Gasteiger partial charge in [-0.15, -0.1) is 0 Å². The molecule has 0 saturated heterocycles. The van der Waals surface area contributed by atoms with Gasteiger partial charge >= 0.3 is 5.97 Å². The van der Waals surface area contributed by atoms with Crippen molar-refractivity contribution in [3.05, 3.63) is 53.2 Å². The lowest BCUT2D eigenvalue weighted by atomic mass is 10.2. The number of hydrogen-bond acceptors (Lipinski definition) is 4. The Morgan fingerprint density at radius 3 is 2.89 bits per heavy atom. The lowest BCUT2D eigenvalue weighted by Crippen LogP contribution is -2.19. The number of hydrogen-bond donors (Lipinski definition) is 2. The van der Waals surface area contributed by atoms with Crippen molar-refractivity contribution in [3.8, 4) is 0 Å². The minimum atomic E-state index is -1.06. The smallest absolute Gasteiger partial charge is 0.371 e. The van der Waals surface area contributed by atoms with E-state index in [9.17, 15) is 4.79 Å². The summed E-state index contributed by atoms with van der Waals surface area (Å²) in [5, 5.41) is 12.1. The van der Waals surface area contributed by atoms with Crippen molar-refractivity contribution in [2.45, 2.75) is 26.4 Å². The van der Waals surface area contributed by atoms with Crippen LogP contribution in [0.25, 0.3) is 0 Å². The third kappa shape index (κ3) is 3.20. The van der Waals surface area contributed by atoms with Crippen molar-refractivity contribution in [2.75, 3.05) is 0 Å². The van der Waals surface area contributed by atoms with Crippen LogP contribution >= 0.6 is 0 Å². The van der Waals surface area contributed by atoms with Crippen LogP contribution in [-0.4, -0.2) is 16.1 Å². The summed E-state index contributed by atoms with van der Waals surface area (Å²) in [7, 11) is 0. The van der Waals surface area contributed by atoms with Gasteiger partial charge in [0.05, 0.1) is 11.7 Å². The minimum absolute atomic E-state index is 0.0438. The molecule has 0 radical (unpaired) electrons. The standard InChI is InChI=1S/C14H16N2O3/c1-9-4-3-7-15-11(9)8-16-10(2)12-5-6-13(19-12)14(17)18/h3-7,10,16H,8H2,1-2H3,(H,17,18). The summed E-state index contributed by atoms with van der Waals surface area (Å²) in [6, 6.07) is 6.96. The second-order valence-corrected chi connectivity index (χ2v) is 4.38. The Kier molecular flexibility index (Phi) is 3.97. The molecule has 1 atom stereocenters. The second-order valence-electron chi connectivity index (χ2n) is 4.38. The monoisotopic (exact) mass is 260 g/mol. The number of carboxylic acids is 1. The Balaban J connectivity index is 1.99. The lowest BCUT2D eigenvalue weighted by molar-refractivity contribution is 0.0659. The quantitative estimate of drug-likeness (QED) is 0.864. The molecule has 0 spiro atoms. The molecule has 5 heteroatoms. The SMILES string of the molecule is Cc1cccnc1CNC(C)c1ccc(C(=O)O)o1. The van der Waals surface area contributed by atoms with Gasteiger partial charge in [0.15, 0.2) is 0 Å². The van der Waals surface area contributed by atoms with Crippen LogP contribution in [-0.2, 0) is 6.54 Å². The van der Waals surface area contributed by atoms with Crippen LogP contribution in [0.15, 0.2) is 34.9 Å². The third-order valence-electron chi connectivity index (χ3n) is 2.96. The molecular weight excluding hydrogens is 244 g/mol. The van der Waals surface area contributed by atoms with Gasteiger partial charge < -0.3 is 14.8 Å². The van der Waals surface area contributed by atoms with Crippen LogP contribution in [0.1, 0.15) is 40.5 Å². The first-order valence-electron chi connectivity index (χ1n) is 6.05. The van der Waals surface area contributed by atoms with Crippen molar-refractivity contribution in [1.29, 1.82) is 0 Å². The average molecular weight is 260 g/mol. The number of aromatic nitrogens is 1. The summed E-state index contributed by atoms with van der Waals surface area (Å²) in [5.41, 5.74) is 2.09. The number of aryl methyl sites for hydroxylation is 1. The van der Waals surface area contributed by atoms with E-state index in [2.05, 4.69) is 10.3 Å². The molecule has 0 fully saturated rings. The number of nitrogens with zero attached hydrogens (tertiary/aromatic N) is 1. The molecule has 2 aromatic heterocycles. The van der Waals surface area contributed by atoms with Gasteiger partial charge in [-0.05, 0) is 37.6 Å². The molecule has 100 valence electrons. The highest BCUT2D eigenvalue weighted by Gasteiger charge is 2.14. The van der Waals surface area contributed by atoms with Gasteiger partial charge in [-0.25, -0.2) is 4.79 Å². The van der Waals surface area contributed by atoms with Crippen molar-refractivity contribution in [3.63, 3.8) is 0 Å². The summed E-state index contributed by atoms with van der Waals surface area (Å²) < 4.78 is 5.24. The lowest BCUT2D eigenvalue weighted by Gasteiger charge is -2.12. The molecule has 0 aliphatic heterocycles. The van der Waals surface area contributed by atoms with E-state index in [1.807, 2.05) is 26.0 Å². The van der Waals surface area contributed by atoms with E-state index in [1.54, 1.807) is 12.3 Å². The fraction of sp³-hybridized carbons (Fsp3) is 0.286. The molecule has 0 bridgehead atoms. The van der Waals surface area contributed by atoms with E-state index in [0.717, 1.165) is 11.3 Å². The summed E-state index contributed by atoms with van der Waals surface area (Å²) in [6.45, 7) is 4.53. The molecule has 2 rings (SSSR count). The first kappa shape index (κ1) is 13.3. The summed E-state index contributed by atoms with van der Waals surface area (Å²) in [6.07, 6.45) is 1.75. The zero-order chi connectivity index (χ0) is 13.8. The van der Waals surface area contributed by atoms with E-state index in [0.29, 0.717) is 12.3 Å². The number of carboxylic acid groups (broad SMARTS) is 1. The fourth-order valence-electron chi connectivity index (χ4n) is 1.75. The largest absolute Gasteiger partial charge is 0.475 e. The summed E-state index contributed by atoms with van der Waals surface area (Å²) >= 11 is 0. The molecule has 0 saturated carbocycles. The molecule has 0 aliphatic rings. The maximum atomic E-state index is 10.7. The van der Waals surface area contributed by atoms with Gasteiger partial charge in [0.1, 0.15) is 5.76 Å². The first-order chi connectivity index (χ1) is 9.08. The molecule has 2 heterocycles. The van der Waals surface area contributed by atoms with Crippen molar-refractivity contribution >= 4 is 5.97 Å². The zero-order valence-electron chi connectivity index (χ0n) is 10.9. The number of furan rings is 1. The number of aromatic carboxylic acids is 1. The van der Waals surface area contributed by atoms with E-state index in [1.165, 1.54) is 6.07 Å². The van der Waals surface area contributed by atoms with Crippen molar-refractivity contribution < 1.29 is 14.3 Å². The number of rotatable bonds is 5. The van der Waals surface area contributed by atoms with E-state index >= 15 is 0 Å². The molecule has 0 aliphatic carbocycles. The predicted octanol–water partition coefficient (Wildman–Crippen LogP) is 2.53. The maximum Gasteiger partial charge on any atom is 0.371 e. The number of pyridine rings is 1. The molecule has 2 aromatic rings. The van der Waals surface area contributed by atoms with Crippen LogP contribution in [0.4, 0.5) is 0 Å². The van der Waals surface area contributed by atoms with E-state index in [-0.39, 0.29) is 11.8 Å². The molecule has 19 heavy (non-hydrogen) atoms.